The van der Waals surface area contributed by atoms with Crippen molar-refractivity contribution in [3.8, 4) is 17.6 Å². The summed E-state index contributed by atoms with van der Waals surface area (Å²) in [5, 5.41) is 13.4. The van der Waals surface area contributed by atoms with Gasteiger partial charge in [0.05, 0.1) is 9.77 Å². The maximum Gasteiger partial charge on any atom is 0.261 e. The highest BCUT2D eigenvalue weighted by molar-refractivity contribution is 7.89. The van der Waals surface area contributed by atoms with E-state index in [0.29, 0.717) is 17.0 Å². The summed E-state index contributed by atoms with van der Waals surface area (Å²) in [4.78, 5) is 24.3. The van der Waals surface area contributed by atoms with Crippen LogP contribution in [0.1, 0.15) is 29.4 Å². The average Bonchev–Trinajstić information content (AvgIpc) is 3.31. The molecule has 0 radical (unpaired) electrons. The Bertz CT molecular complexity index is 1030. The van der Waals surface area contributed by atoms with Crippen LogP contribution in [0.15, 0.2) is 46.7 Å². The van der Waals surface area contributed by atoms with Crippen molar-refractivity contribution in [3.63, 3.8) is 0 Å². The summed E-state index contributed by atoms with van der Waals surface area (Å²) in [6.07, 6.45) is 0.371. The molecule has 2 aromatic rings. The van der Waals surface area contributed by atoms with E-state index < -0.39 is 22.0 Å². The molecule has 0 saturated heterocycles. The molecular formula is C20H23N3O6S2. The second-order valence-corrected chi connectivity index (χ2v) is 8.87. The lowest BCUT2D eigenvalue weighted by molar-refractivity contribution is -0.131. The average molecular weight is 466 g/mol. The minimum atomic E-state index is -4.04. The molecule has 1 aromatic carbocycles. The summed E-state index contributed by atoms with van der Waals surface area (Å²) in [6, 6.07) is 7.86. The molecule has 0 saturated carbocycles. The van der Waals surface area contributed by atoms with Crippen molar-refractivity contribution in [2.24, 2.45) is 0 Å². The molecule has 9 nitrogen and oxygen atoms in total. The Kier molecular flexibility index (Phi) is 9.48. The second-order valence-electron chi connectivity index (χ2n) is 6.21. The van der Waals surface area contributed by atoms with E-state index in [4.69, 9.17) is 9.94 Å². The van der Waals surface area contributed by atoms with Gasteiger partial charge in [0.2, 0.25) is 10.0 Å². The zero-order valence-corrected chi connectivity index (χ0v) is 18.4. The third-order valence-corrected chi connectivity index (χ3v) is 6.40. The third-order valence-electron chi connectivity index (χ3n) is 4.05. The number of benzene rings is 1. The highest BCUT2D eigenvalue weighted by Crippen LogP contribution is 2.17. The van der Waals surface area contributed by atoms with Crippen LogP contribution in [-0.2, 0) is 14.8 Å². The molecule has 2 rings (SSSR count). The van der Waals surface area contributed by atoms with Crippen LogP contribution in [-0.4, -0.2) is 44.6 Å². The van der Waals surface area contributed by atoms with Crippen LogP contribution < -0.4 is 20.3 Å². The summed E-state index contributed by atoms with van der Waals surface area (Å²) in [5.74, 6) is 4.72. The minimum absolute atomic E-state index is 0.0627. The largest absolute Gasteiger partial charge is 0.481 e. The second kappa shape index (κ2) is 12.1. The molecule has 0 aliphatic carbocycles. The zero-order chi connectivity index (χ0) is 22.7. The fraction of sp³-hybridized carbons (Fsp3) is 0.300. The van der Waals surface area contributed by atoms with Gasteiger partial charge in [-0.3, -0.25) is 14.8 Å². The Hall–Kier alpha value is -2.91. The van der Waals surface area contributed by atoms with E-state index >= 15 is 0 Å². The van der Waals surface area contributed by atoms with Gasteiger partial charge in [0.15, 0.2) is 0 Å². The molecule has 1 aromatic heterocycles. The van der Waals surface area contributed by atoms with Gasteiger partial charge in [-0.1, -0.05) is 12.0 Å². The fourth-order valence-electron chi connectivity index (χ4n) is 2.49. The Morgan fingerprint density at radius 2 is 1.97 bits per heavy atom. The van der Waals surface area contributed by atoms with E-state index in [1.54, 1.807) is 24.4 Å². The molecule has 31 heavy (non-hydrogen) atoms. The summed E-state index contributed by atoms with van der Waals surface area (Å²) < 4.78 is 32.9. The van der Waals surface area contributed by atoms with Crippen LogP contribution in [0.25, 0.3) is 0 Å². The number of carbonyl (C=O) groups excluding carboxylic acids is 2. The van der Waals surface area contributed by atoms with Crippen molar-refractivity contribution >= 4 is 33.2 Å². The molecule has 1 unspecified atom stereocenters. The van der Waals surface area contributed by atoms with Crippen LogP contribution in [0, 0.1) is 11.8 Å². The van der Waals surface area contributed by atoms with Gasteiger partial charge in [0.1, 0.15) is 18.4 Å². The minimum Gasteiger partial charge on any atom is -0.481 e. The monoisotopic (exact) mass is 465 g/mol. The standard InChI is InChI=1S/C20H23N3O6S2/c1-2-3-13-29-15-8-10-16(11-9-15)31(27,28)23-17(19(24)22-26)6-4-12-21-20(25)18-7-5-14-30-18/h5,7-11,14,17,23,26H,4,6,12-13H2,1H3,(H,21,25)(H,22,24). The maximum absolute atomic E-state index is 12.6. The van der Waals surface area contributed by atoms with Crippen molar-refractivity contribution < 1.29 is 28.0 Å². The Balaban J connectivity index is 1.94. The highest BCUT2D eigenvalue weighted by Gasteiger charge is 2.25. The number of carbonyl (C=O) groups is 2. The fourth-order valence-corrected chi connectivity index (χ4v) is 4.36. The van der Waals surface area contributed by atoms with Gasteiger partial charge >= 0.3 is 0 Å². The highest BCUT2D eigenvalue weighted by atomic mass is 32.2. The molecule has 0 aliphatic rings. The normalized spacial score (nSPS) is 11.7. The number of ether oxygens (including phenoxy) is 1. The predicted octanol–water partition coefficient (Wildman–Crippen LogP) is 1.51. The summed E-state index contributed by atoms with van der Waals surface area (Å²) in [6.45, 7) is 2.10. The van der Waals surface area contributed by atoms with E-state index in [1.165, 1.54) is 41.1 Å². The number of rotatable bonds is 11. The third kappa shape index (κ3) is 7.69. The number of hydrogen-bond acceptors (Lipinski definition) is 7. The Morgan fingerprint density at radius 1 is 1.23 bits per heavy atom. The van der Waals surface area contributed by atoms with Crippen LogP contribution in [0.5, 0.6) is 5.75 Å². The zero-order valence-electron chi connectivity index (χ0n) is 16.8. The lowest BCUT2D eigenvalue weighted by atomic mass is 10.1. The Morgan fingerprint density at radius 3 is 2.58 bits per heavy atom. The van der Waals surface area contributed by atoms with Gasteiger partial charge in [-0.15, -0.1) is 17.3 Å². The first-order chi connectivity index (χ1) is 14.9. The van der Waals surface area contributed by atoms with E-state index in [2.05, 4.69) is 21.9 Å². The molecule has 4 N–H and O–H groups in total. The quantitative estimate of drug-likeness (QED) is 0.172. The van der Waals surface area contributed by atoms with Crippen molar-refractivity contribution in [1.82, 2.24) is 15.5 Å². The number of hydroxylamine groups is 1. The molecule has 1 atom stereocenters. The SMILES string of the molecule is CC#CCOc1ccc(S(=O)(=O)NC(CCCNC(=O)c2cccs2)C(=O)NO)cc1. The molecule has 166 valence electrons. The van der Waals surface area contributed by atoms with Crippen LogP contribution in [0.4, 0.5) is 0 Å². The smallest absolute Gasteiger partial charge is 0.261 e. The van der Waals surface area contributed by atoms with E-state index in [9.17, 15) is 18.0 Å². The van der Waals surface area contributed by atoms with Crippen molar-refractivity contribution in [2.45, 2.75) is 30.7 Å². The van der Waals surface area contributed by atoms with Gasteiger partial charge in [-0.05, 0) is 55.5 Å². The van der Waals surface area contributed by atoms with Gasteiger partial charge in [-0.2, -0.15) is 4.72 Å². The summed E-state index contributed by atoms with van der Waals surface area (Å²) in [7, 11) is -4.04. The first-order valence-electron chi connectivity index (χ1n) is 9.28. The number of thiophene rings is 1. The molecule has 0 aliphatic heterocycles. The molecule has 1 heterocycles. The van der Waals surface area contributed by atoms with Gasteiger partial charge in [0.25, 0.3) is 11.8 Å². The summed E-state index contributed by atoms with van der Waals surface area (Å²) in [5.41, 5.74) is 1.46. The first-order valence-corrected chi connectivity index (χ1v) is 11.6. The van der Waals surface area contributed by atoms with Gasteiger partial charge in [0, 0.05) is 6.54 Å². The van der Waals surface area contributed by atoms with Crippen molar-refractivity contribution in [3.05, 3.63) is 46.7 Å². The van der Waals surface area contributed by atoms with Crippen molar-refractivity contribution in [2.75, 3.05) is 13.2 Å². The lowest BCUT2D eigenvalue weighted by Crippen LogP contribution is -2.46. The number of hydrogen-bond donors (Lipinski definition) is 4. The van der Waals surface area contributed by atoms with E-state index in [1.807, 2.05) is 0 Å². The van der Waals surface area contributed by atoms with Crippen LogP contribution in [0.3, 0.4) is 0 Å². The number of sulfonamides is 1. The molecule has 0 bridgehead atoms. The first kappa shape index (κ1) is 24.4. The Labute approximate surface area is 184 Å². The lowest BCUT2D eigenvalue weighted by Gasteiger charge is -2.17. The van der Waals surface area contributed by atoms with Crippen molar-refractivity contribution in [1.29, 1.82) is 0 Å². The number of nitrogens with one attached hydrogen (secondary N) is 3. The van der Waals surface area contributed by atoms with Gasteiger partial charge in [-0.25, -0.2) is 13.9 Å². The summed E-state index contributed by atoms with van der Waals surface area (Å²) >= 11 is 1.30. The molecule has 11 heteroatoms. The van der Waals surface area contributed by atoms with Crippen LogP contribution >= 0.6 is 11.3 Å². The molecule has 0 fully saturated rings. The van der Waals surface area contributed by atoms with E-state index in [0.717, 1.165) is 0 Å². The molecule has 2 amide bonds. The molecule has 0 spiro atoms. The number of amides is 2. The maximum atomic E-state index is 12.6. The predicted molar refractivity (Wildman–Crippen MR) is 115 cm³/mol. The molecular weight excluding hydrogens is 442 g/mol. The van der Waals surface area contributed by atoms with Gasteiger partial charge < -0.3 is 10.1 Å². The van der Waals surface area contributed by atoms with E-state index in [-0.39, 0.29) is 30.4 Å². The topological polar surface area (TPSA) is 134 Å². The van der Waals surface area contributed by atoms with Crippen LogP contribution in [0.2, 0.25) is 0 Å².